The molecule has 1 saturated heterocycles. The van der Waals surface area contributed by atoms with Gasteiger partial charge in [-0.15, -0.1) is 0 Å². The second-order valence-corrected chi connectivity index (χ2v) is 11.5. The number of benzene rings is 1. The van der Waals surface area contributed by atoms with E-state index in [4.69, 9.17) is 0 Å². The van der Waals surface area contributed by atoms with Crippen LogP contribution in [0.25, 0.3) is 0 Å². The Morgan fingerprint density at radius 3 is 2.55 bits per heavy atom. The number of hydrogen-bond donors (Lipinski definition) is 1. The molecule has 2 amide bonds. The first-order valence-electron chi connectivity index (χ1n) is 11.6. The van der Waals surface area contributed by atoms with Crippen molar-refractivity contribution >= 4 is 21.7 Å². The van der Waals surface area contributed by atoms with E-state index in [1.807, 2.05) is 26.0 Å². The average Bonchev–Trinajstić information content (AvgIpc) is 3.26. The highest BCUT2D eigenvalue weighted by atomic mass is 32.2. The Labute approximate surface area is 186 Å². The van der Waals surface area contributed by atoms with Gasteiger partial charge in [-0.1, -0.05) is 31.9 Å². The normalized spacial score (nSPS) is 21.1. The Balaban J connectivity index is 1.83. The Bertz CT molecular complexity index is 920. The van der Waals surface area contributed by atoms with Crippen LogP contribution in [0.15, 0.2) is 23.1 Å². The van der Waals surface area contributed by atoms with Crippen LogP contribution in [0.2, 0.25) is 0 Å². The molecule has 0 spiro atoms. The van der Waals surface area contributed by atoms with Gasteiger partial charge in [-0.25, -0.2) is 8.42 Å². The van der Waals surface area contributed by atoms with E-state index in [-0.39, 0.29) is 17.7 Å². The van der Waals surface area contributed by atoms with Crippen molar-refractivity contribution in [3.05, 3.63) is 29.3 Å². The molecule has 3 rings (SSSR count). The summed E-state index contributed by atoms with van der Waals surface area (Å²) in [6.07, 6.45) is 5.35. The van der Waals surface area contributed by atoms with Crippen molar-refractivity contribution in [2.24, 2.45) is 5.92 Å². The third-order valence-corrected chi connectivity index (χ3v) is 9.45. The summed E-state index contributed by atoms with van der Waals surface area (Å²) in [7, 11) is -3.81. The van der Waals surface area contributed by atoms with E-state index in [1.54, 1.807) is 17.9 Å². The maximum atomic E-state index is 13.9. The molecule has 1 N–H and O–H groups in total. The highest BCUT2D eigenvalue weighted by Gasteiger charge is 2.55. The van der Waals surface area contributed by atoms with Crippen LogP contribution in [0.1, 0.15) is 69.4 Å². The van der Waals surface area contributed by atoms with E-state index in [0.717, 1.165) is 37.7 Å². The number of aryl methyl sites for hydroxylation is 2. The molecular formula is C24H36N2O4S. The molecular weight excluding hydrogens is 412 g/mol. The number of carbonyl (C=O) groups is 2. The summed E-state index contributed by atoms with van der Waals surface area (Å²) in [6, 6.07) is 5.44. The van der Waals surface area contributed by atoms with E-state index in [0.29, 0.717) is 49.4 Å². The molecule has 172 valence electrons. The van der Waals surface area contributed by atoms with Gasteiger partial charge in [0.15, 0.2) is 14.6 Å². The maximum absolute atomic E-state index is 13.9. The van der Waals surface area contributed by atoms with Gasteiger partial charge >= 0.3 is 0 Å². The molecule has 1 saturated carbocycles. The van der Waals surface area contributed by atoms with E-state index < -0.39 is 14.6 Å². The highest BCUT2D eigenvalue weighted by molar-refractivity contribution is 7.93. The van der Waals surface area contributed by atoms with Crippen molar-refractivity contribution in [1.82, 2.24) is 10.2 Å². The average molecular weight is 449 g/mol. The van der Waals surface area contributed by atoms with E-state index in [9.17, 15) is 18.0 Å². The van der Waals surface area contributed by atoms with Crippen molar-refractivity contribution < 1.29 is 18.0 Å². The monoisotopic (exact) mass is 448 g/mol. The van der Waals surface area contributed by atoms with Crippen LogP contribution in [-0.4, -0.2) is 49.5 Å². The van der Waals surface area contributed by atoms with Gasteiger partial charge in [-0.2, -0.15) is 0 Å². The van der Waals surface area contributed by atoms with Crippen molar-refractivity contribution in [3.63, 3.8) is 0 Å². The van der Waals surface area contributed by atoms with E-state index >= 15 is 0 Å². The molecule has 0 radical (unpaired) electrons. The Hall–Kier alpha value is -1.89. The first kappa shape index (κ1) is 23.8. The summed E-state index contributed by atoms with van der Waals surface area (Å²) in [5.41, 5.74) is 1.57. The fourth-order valence-electron chi connectivity index (χ4n) is 5.03. The number of nitrogens with zero attached hydrogens (tertiary/aromatic N) is 1. The first-order chi connectivity index (χ1) is 14.7. The first-order valence-corrected chi connectivity index (χ1v) is 13.1. The third kappa shape index (κ3) is 4.81. The number of piperidine rings is 1. The topological polar surface area (TPSA) is 83.6 Å². The van der Waals surface area contributed by atoms with Crippen LogP contribution in [0.4, 0.5) is 0 Å². The summed E-state index contributed by atoms with van der Waals surface area (Å²) >= 11 is 0. The van der Waals surface area contributed by atoms with Crippen LogP contribution < -0.4 is 5.32 Å². The summed E-state index contributed by atoms with van der Waals surface area (Å²) in [6.45, 7) is 7.29. The van der Waals surface area contributed by atoms with Crippen LogP contribution >= 0.6 is 0 Å². The molecule has 1 aliphatic carbocycles. The van der Waals surface area contributed by atoms with Crippen LogP contribution in [0.3, 0.4) is 0 Å². The fourth-order valence-corrected chi connectivity index (χ4v) is 7.47. The Kier molecular flexibility index (Phi) is 7.45. The highest BCUT2D eigenvalue weighted by Crippen LogP contribution is 2.43. The molecule has 6 nitrogen and oxygen atoms in total. The molecule has 0 aromatic heterocycles. The smallest absolute Gasteiger partial charge is 0.244 e. The third-order valence-electron chi connectivity index (χ3n) is 6.82. The number of nitrogens with one attached hydrogen (secondary N) is 1. The van der Waals surface area contributed by atoms with Gasteiger partial charge < -0.3 is 10.2 Å². The van der Waals surface area contributed by atoms with Crippen LogP contribution in [0.5, 0.6) is 0 Å². The molecule has 1 heterocycles. The molecule has 1 atom stereocenters. The van der Waals surface area contributed by atoms with Crippen molar-refractivity contribution in [1.29, 1.82) is 0 Å². The minimum absolute atomic E-state index is 0.0377. The predicted molar refractivity (Wildman–Crippen MR) is 122 cm³/mol. The number of carbonyl (C=O) groups excluding carboxylic acids is 2. The molecule has 0 bridgehead atoms. The summed E-state index contributed by atoms with van der Waals surface area (Å²) < 4.78 is 26.4. The lowest BCUT2D eigenvalue weighted by Crippen LogP contribution is -2.55. The van der Waals surface area contributed by atoms with Crippen LogP contribution in [0, 0.1) is 19.8 Å². The van der Waals surface area contributed by atoms with Gasteiger partial charge in [0.25, 0.3) is 0 Å². The minimum Gasteiger partial charge on any atom is -0.356 e. The zero-order valence-electron chi connectivity index (χ0n) is 19.1. The molecule has 1 aromatic rings. The minimum atomic E-state index is -3.81. The molecule has 2 fully saturated rings. The molecule has 2 aliphatic rings. The maximum Gasteiger partial charge on any atom is 0.244 e. The van der Waals surface area contributed by atoms with Crippen molar-refractivity contribution in [3.8, 4) is 0 Å². The van der Waals surface area contributed by atoms with Gasteiger partial charge in [-0.05, 0) is 69.1 Å². The van der Waals surface area contributed by atoms with Crippen LogP contribution in [-0.2, 0) is 19.4 Å². The predicted octanol–water partition coefficient (Wildman–Crippen LogP) is 3.54. The number of rotatable bonds is 7. The van der Waals surface area contributed by atoms with Gasteiger partial charge in [0.05, 0.1) is 4.90 Å². The molecule has 0 unspecified atom stereocenters. The van der Waals surface area contributed by atoms with Crippen molar-refractivity contribution in [2.75, 3.05) is 19.6 Å². The fraction of sp³-hybridized carbons (Fsp3) is 0.667. The lowest BCUT2D eigenvalue weighted by atomic mass is 9.95. The number of amides is 2. The molecule has 31 heavy (non-hydrogen) atoms. The lowest BCUT2D eigenvalue weighted by Gasteiger charge is -2.39. The standard InChI is InChI=1S/C24H36N2O4S/c1-4-8-22(27)25-16-20-9-7-14-26(17-20)23(28)24(12-5-6-13-24)31(29,30)21-15-18(2)10-11-19(21)3/h10-11,15,20H,4-9,12-14,16-17H2,1-3H3,(H,25,27)/t20-/m0/s1. The second-order valence-electron chi connectivity index (χ2n) is 9.29. The summed E-state index contributed by atoms with van der Waals surface area (Å²) in [5.74, 6) is -0.0356. The van der Waals surface area contributed by atoms with Crippen molar-refractivity contribution in [2.45, 2.75) is 81.8 Å². The zero-order chi connectivity index (χ0) is 22.6. The number of sulfone groups is 1. The van der Waals surface area contributed by atoms with Gasteiger partial charge in [0, 0.05) is 26.1 Å². The molecule has 1 aliphatic heterocycles. The largest absolute Gasteiger partial charge is 0.356 e. The Morgan fingerprint density at radius 2 is 1.87 bits per heavy atom. The molecule has 7 heteroatoms. The SMILES string of the molecule is CCCC(=O)NC[C@@H]1CCCN(C(=O)C2(S(=O)(=O)c3cc(C)ccc3C)CCCC2)C1. The van der Waals surface area contributed by atoms with Gasteiger partial charge in [0.2, 0.25) is 11.8 Å². The lowest BCUT2D eigenvalue weighted by molar-refractivity contribution is -0.135. The van der Waals surface area contributed by atoms with Gasteiger partial charge in [-0.3, -0.25) is 9.59 Å². The molecule has 1 aromatic carbocycles. The second kappa shape index (κ2) is 9.72. The Morgan fingerprint density at radius 1 is 1.16 bits per heavy atom. The van der Waals surface area contributed by atoms with E-state index in [2.05, 4.69) is 5.32 Å². The summed E-state index contributed by atoms with van der Waals surface area (Å²) in [5, 5.41) is 2.97. The van der Waals surface area contributed by atoms with Gasteiger partial charge in [0.1, 0.15) is 0 Å². The quantitative estimate of drug-likeness (QED) is 0.691. The van der Waals surface area contributed by atoms with E-state index in [1.165, 1.54) is 0 Å². The number of likely N-dealkylation sites (tertiary alicyclic amines) is 1. The number of hydrogen-bond acceptors (Lipinski definition) is 4. The summed E-state index contributed by atoms with van der Waals surface area (Å²) in [4.78, 5) is 27.7. The zero-order valence-corrected chi connectivity index (χ0v) is 19.9.